The molecule has 0 aromatic carbocycles. The maximum atomic E-state index is 12.5. The van der Waals surface area contributed by atoms with Crippen molar-refractivity contribution in [3.05, 3.63) is 55.5 Å². The third kappa shape index (κ3) is 17.8. The second-order valence-electron chi connectivity index (χ2n) is 13.8. The number of likely N-dealkylation sites (N-methyl/N-ethyl adjacent to an activating group) is 1. The first kappa shape index (κ1) is 50.8. The van der Waals surface area contributed by atoms with Crippen LogP contribution in [0, 0.1) is 0 Å². The highest BCUT2D eigenvalue weighted by Crippen LogP contribution is 2.21. The predicted molar refractivity (Wildman–Crippen MR) is 217 cm³/mol. The molecule has 1 aromatic heterocycles. The molecule has 0 N–H and O–H groups in total. The van der Waals surface area contributed by atoms with Crippen LogP contribution in [0.3, 0.4) is 0 Å². The fourth-order valence-electron chi connectivity index (χ4n) is 5.92. The molecule has 0 bridgehead atoms. The number of hydrogen-bond acceptors (Lipinski definition) is 16. The quantitative estimate of drug-likeness (QED) is 0.0842. The minimum Gasteiger partial charge on any atom is -0.456 e. The van der Waals surface area contributed by atoms with Gasteiger partial charge in [0.15, 0.2) is 12.7 Å². The molecule has 2 aliphatic heterocycles. The molecule has 0 saturated carbocycles. The van der Waals surface area contributed by atoms with E-state index in [4.69, 9.17) is 28.4 Å². The van der Waals surface area contributed by atoms with Gasteiger partial charge in [-0.05, 0) is 50.8 Å². The Morgan fingerprint density at radius 2 is 1.52 bits per heavy atom. The fraction of sp³-hybridized carbons (Fsp3) is 0.561. The summed E-state index contributed by atoms with van der Waals surface area (Å²) in [6.45, 7) is 13.3. The Balaban J connectivity index is 0.000000420. The van der Waals surface area contributed by atoms with Crippen LogP contribution in [0.1, 0.15) is 71.9 Å². The number of likely N-dealkylation sites (tertiary alicyclic amines) is 2. The number of aromatic nitrogens is 1. The molecule has 4 amide bonds. The summed E-state index contributed by atoms with van der Waals surface area (Å²) in [7, 11) is 3.11. The lowest BCUT2D eigenvalue weighted by molar-refractivity contribution is -0.173. The van der Waals surface area contributed by atoms with Gasteiger partial charge in [0, 0.05) is 97.2 Å². The minimum atomic E-state index is -1.12. The SMILES string of the molecule is C=CN=C(C=C)CCN(C)C(=O)OCOC(=O)[C@H]1CCCN1C(=O)[C@@H](C)OC(C)=O.CCC(=O)OCC(=O)N1CCC[C@@H]1C(=O)OC(C)OC(=O)N(C)CCc1ccccn1. The lowest BCUT2D eigenvalue weighted by Gasteiger charge is -2.25. The Bertz CT molecular complexity index is 1720. The Labute approximate surface area is 355 Å². The van der Waals surface area contributed by atoms with Gasteiger partial charge in [-0.2, -0.15) is 0 Å². The number of allylic oxidation sites excluding steroid dienone is 1. The van der Waals surface area contributed by atoms with Gasteiger partial charge in [0.25, 0.3) is 11.8 Å². The van der Waals surface area contributed by atoms with Crippen LogP contribution in [0.4, 0.5) is 9.59 Å². The van der Waals surface area contributed by atoms with E-state index in [-0.39, 0.29) is 6.42 Å². The largest absolute Gasteiger partial charge is 0.456 e. The minimum absolute atomic E-state index is 0.165. The van der Waals surface area contributed by atoms with Gasteiger partial charge in [-0.3, -0.25) is 29.2 Å². The molecule has 20 nitrogen and oxygen atoms in total. The van der Waals surface area contributed by atoms with E-state index in [1.807, 2.05) is 18.2 Å². The standard InChI is InChI=1S/C21H29N3O7.C20H29N3O7/c1-4-19(26)29-14-18(25)24-12-7-9-17(24)20(27)30-15(2)31-21(28)23(3)13-10-16-8-5-6-11-22-16;1-6-16(21-7-2)10-12-22(5)20(27)29-13-28-19(26)17-9-8-11-23(17)18(25)14(3)30-15(4)24/h5-6,8,11,15,17H,4,7,9-10,12-14H2,1-3H3;6-7,14,17H,1-2,8-13H2,3-5H3/t15?,17-;14-,17-/m11/s1. The van der Waals surface area contributed by atoms with Gasteiger partial charge in [0.05, 0.1) is 0 Å². The highest BCUT2D eigenvalue weighted by atomic mass is 16.7. The summed E-state index contributed by atoms with van der Waals surface area (Å²) in [5.41, 5.74) is 1.52. The number of rotatable bonds is 19. The molecular weight excluding hydrogens is 800 g/mol. The van der Waals surface area contributed by atoms with Crippen molar-refractivity contribution in [2.75, 3.05) is 53.7 Å². The van der Waals surface area contributed by atoms with Crippen LogP contribution in [0.25, 0.3) is 0 Å². The summed E-state index contributed by atoms with van der Waals surface area (Å²) in [5, 5.41) is 0. The van der Waals surface area contributed by atoms with Gasteiger partial charge in [-0.25, -0.2) is 19.2 Å². The van der Waals surface area contributed by atoms with Crippen molar-refractivity contribution in [1.82, 2.24) is 24.6 Å². The van der Waals surface area contributed by atoms with E-state index in [0.717, 1.165) is 5.69 Å². The summed E-state index contributed by atoms with van der Waals surface area (Å²) in [6, 6.07) is 3.94. The molecule has 1 aromatic rings. The van der Waals surface area contributed by atoms with Gasteiger partial charge < -0.3 is 48.0 Å². The molecule has 4 atom stereocenters. The molecule has 1 unspecified atom stereocenters. The summed E-state index contributed by atoms with van der Waals surface area (Å²) in [5.74, 6) is -3.34. The van der Waals surface area contributed by atoms with Crippen LogP contribution in [0.2, 0.25) is 0 Å². The van der Waals surface area contributed by atoms with Gasteiger partial charge in [-0.1, -0.05) is 26.1 Å². The van der Waals surface area contributed by atoms with Crippen molar-refractivity contribution < 1.29 is 66.8 Å². The van der Waals surface area contributed by atoms with E-state index >= 15 is 0 Å². The van der Waals surface area contributed by atoms with E-state index in [1.54, 1.807) is 26.2 Å². The maximum Gasteiger partial charge on any atom is 0.412 e. The number of pyridine rings is 1. The lowest BCUT2D eigenvalue weighted by Crippen LogP contribution is -2.46. The van der Waals surface area contributed by atoms with Crippen molar-refractivity contribution in [3.8, 4) is 0 Å². The van der Waals surface area contributed by atoms with Crippen LogP contribution < -0.4 is 0 Å². The van der Waals surface area contributed by atoms with Crippen LogP contribution in [0.5, 0.6) is 0 Å². The first-order valence-corrected chi connectivity index (χ1v) is 19.8. The normalized spacial score (nSPS) is 16.7. The third-order valence-corrected chi connectivity index (χ3v) is 9.17. The van der Waals surface area contributed by atoms with Crippen LogP contribution in [-0.2, 0) is 63.6 Å². The predicted octanol–water partition coefficient (Wildman–Crippen LogP) is 3.18. The fourth-order valence-corrected chi connectivity index (χ4v) is 5.92. The summed E-state index contributed by atoms with van der Waals surface area (Å²) >= 11 is 0. The Morgan fingerprint density at radius 1 is 0.869 bits per heavy atom. The number of carbonyl (C=O) groups excluding carboxylic acids is 8. The van der Waals surface area contributed by atoms with Crippen molar-refractivity contribution in [2.45, 2.75) is 97.1 Å². The second-order valence-corrected chi connectivity index (χ2v) is 13.8. The second kappa shape index (κ2) is 26.7. The highest BCUT2D eigenvalue weighted by Gasteiger charge is 2.39. The van der Waals surface area contributed by atoms with E-state index in [2.05, 4.69) is 23.1 Å². The topological polar surface area (TPSA) is 230 Å². The number of aliphatic imine (C=N–C) groups is 1. The summed E-state index contributed by atoms with van der Waals surface area (Å²) < 4.78 is 30.1. The molecule has 0 spiro atoms. The van der Waals surface area contributed by atoms with Crippen molar-refractivity contribution in [3.63, 3.8) is 0 Å². The van der Waals surface area contributed by atoms with E-state index in [0.29, 0.717) is 70.4 Å². The number of ether oxygens (including phenoxy) is 6. The number of esters is 4. The molecule has 3 heterocycles. The van der Waals surface area contributed by atoms with Gasteiger partial charge >= 0.3 is 36.1 Å². The van der Waals surface area contributed by atoms with Crippen LogP contribution in [0.15, 0.2) is 54.8 Å². The molecule has 20 heteroatoms. The molecule has 2 aliphatic rings. The van der Waals surface area contributed by atoms with Crippen molar-refractivity contribution in [1.29, 1.82) is 0 Å². The van der Waals surface area contributed by atoms with Gasteiger partial charge in [-0.15, -0.1) is 0 Å². The number of carbonyl (C=O) groups is 8. The molecular formula is C41H58N6O14. The van der Waals surface area contributed by atoms with Crippen molar-refractivity contribution in [2.24, 2.45) is 4.99 Å². The molecule has 336 valence electrons. The van der Waals surface area contributed by atoms with Crippen molar-refractivity contribution >= 4 is 53.6 Å². The van der Waals surface area contributed by atoms with Gasteiger partial charge in [0.1, 0.15) is 12.1 Å². The smallest absolute Gasteiger partial charge is 0.412 e. The maximum absolute atomic E-state index is 12.5. The van der Waals surface area contributed by atoms with E-state index < -0.39 is 85.8 Å². The number of hydrogen-bond donors (Lipinski definition) is 0. The lowest BCUT2D eigenvalue weighted by atomic mass is 10.2. The highest BCUT2D eigenvalue weighted by molar-refractivity contribution is 5.95. The first-order valence-electron chi connectivity index (χ1n) is 19.8. The van der Waals surface area contributed by atoms with Crippen LogP contribution in [-0.4, -0.2) is 156 Å². The van der Waals surface area contributed by atoms with Crippen LogP contribution >= 0.6 is 0 Å². The van der Waals surface area contributed by atoms with E-state index in [9.17, 15) is 38.4 Å². The average molecular weight is 859 g/mol. The molecule has 0 radical (unpaired) electrons. The van der Waals surface area contributed by atoms with Gasteiger partial charge in [0.2, 0.25) is 13.1 Å². The number of nitrogens with zero attached hydrogens (tertiary/aromatic N) is 6. The number of amides is 4. The molecule has 61 heavy (non-hydrogen) atoms. The summed E-state index contributed by atoms with van der Waals surface area (Å²) in [4.78, 5) is 109. The molecule has 3 rings (SSSR count). The Morgan fingerprint density at radius 3 is 2.13 bits per heavy atom. The molecule has 0 aliphatic carbocycles. The molecule has 2 saturated heterocycles. The average Bonchev–Trinajstić information content (AvgIpc) is 3.94. The Kier molecular flexibility index (Phi) is 22.2. The first-order chi connectivity index (χ1) is 29.0. The zero-order valence-corrected chi connectivity index (χ0v) is 35.8. The zero-order chi connectivity index (χ0) is 45.5. The monoisotopic (exact) mass is 858 g/mol. The Hall–Kier alpha value is -6.34. The third-order valence-electron chi connectivity index (χ3n) is 9.17. The summed E-state index contributed by atoms with van der Waals surface area (Å²) in [6.07, 6.45) is 4.47. The van der Waals surface area contributed by atoms with E-state index in [1.165, 1.54) is 53.6 Å². The zero-order valence-electron chi connectivity index (χ0n) is 35.8. The molecule has 2 fully saturated rings.